The van der Waals surface area contributed by atoms with Crippen LogP contribution in [0.3, 0.4) is 0 Å². The largest absolute Gasteiger partial charge is 0.377 e. The van der Waals surface area contributed by atoms with E-state index in [2.05, 4.69) is 15.5 Å². The Morgan fingerprint density at radius 1 is 1.38 bits per heavy atom. The Labute approximate surface area is 103 Å². The molecule has 1 aliphatic carbocycles. The van der Waals surface area contributed by atoms with E-state index in [0.29, 0.717) is 12.1 Å². The van der Waals surface area contributed by atoms with Crippen LogP contribution in [0.15, 0.2) is 4.34 Å². The number of nitrogens with zero attached hydrogens (tertiary/aromatic N) is 2. The van der Waals surface area contributed by atoms with E-state index < -0.39 is 0 Å². The van der Waals surface area contributed by atoms with Crippen molar-refractivity contribution in [2.45, 2.75) is 42.2 Å². The second kappa shape index (κ2) is 4.89. The fourth-order valence-electron chi connectivity index (χ4n) is 1.67. The lowest BCUT2D eigenvalue weighted by atomic mass is 10.3. The Balaban J connectivity index is 1.47. The second-order valence-corrected chi connectivity index (χ2v) is 6.48. The van der Waals surface area contributed by atoms with Gasteiger partial charge in [-0.15, -0.1) is 10.2 Å². The van der Waals surface area contributed by atoms with Crippen molar-refractivity contribution in [2.75, 3.05) is 17.7 Å². The van der Waals surface area contributed by atoms with Crippen LogP contribution in [0.1, 0.15) is 25.7 Å². The van der Waals surface area contributed by atoms with E-state index in [1.165, 1.54) is 25.7 Å². The van der Waals surface area contributed by atoms with Crippen LogP contribution in [0, 0.1) is 0 Å². The van der Waals surface area contributed by atoms with Crippen molar-refractivity contribution in [3.8, 4) is 0 Å². The molecule has 2 fully saturated rings. The third-order valence-corrected chi connectivity index (χ3v) is 4.85. The minimum atomic E-state index is 0.425. The topological polar surface area (TPSA) is 47.0 Å². The molecule has 1 saturated heterocycles. The zero-order valence-electron chi connectivity index (χ0n) is 9.02. The van der Waals surface area contributed by atoms with Crippen LogP contribution in [0.4, 0.5) is 5.13 Å². The Kier molecular flexibility index (Phi) is 3.30. The van der Waals surface area contributed by atoms with Gasteiger partial charge in [-0.25, -0.2) is 0 Å². The highest BCUT2D eigenvalue weighted by Crippen LogP contribution is 2.31. The zero-order valence-corrected chi connectivity index (χ0v) is 10.6. The quantitative estimate of drug-likeness (QED) is 0.821. The molecular weight excluding hydrogens is 242 g/mol. The number of ether oxygens (including phenoxy) is 1. The molecule has 2 aliphatic rings. The first-order valence-electron chi connectivity index (χ1n) is 5.74. The van der Waals surface area contributed by atoms with E-state index in [1.807, 2.05) is 0 Å². The third-order valence-electron chi connectivity index (χ3n) is 2.73. The molecule has 0 amide bonds. The Morgan fingerprint density at radius 3 is 3.06 bits per heavy atom. The van der Waals surface area contributed by atoms with Crippen LogP contribution in [0.25, 0.3) is 0 Å². The van der Waals surface area contributed by atoms with Crippen molar-refractivity contribution in [3.05, 3.63) is 0 Å². The molecule has 3 rings (SSSR count). The summed E-state index contributed by atoms with van der Waals surface area (Å²) in [5.41, 5.74) is 0. The first-order chi connectivity index (χ1) is 7.90. The molecule has 4 nitrogen and oxygen atoms in total. The molecule has 1 aromatic rings. The van der Waals surface area contributed by atoms with E-state index >= 15 is 0 Å². The Bertz CT molecular complexity index is 348. The molecule has 1 aromatic heterocycles. The molecule has 6 heteroatoms. The highest BCUT2D eigenvalue weighted by molar-refractivity contribution is 8.01. The maximum Gasteiger partial charge on any atom is 0.206 e. The molecule has 0 radical (unpaired) electrons. The van der Waals surface area contributed by atoms with Gasteiger partial charge in [0, 0.05) is 18.4 Å². The van der Waals surface area contributed by atoms with Crippen LogP contribution in [-0.2, 0) is 4.74 Å². The lowest BCUT2D eigenvalue weighted by Gasteiger charge is -2.05. The van der Waals surface area contributed by atoms with E-state index in [0.717, 1.165) is 21.8 Å². The number of thioether (sulfide) groups is 1. The van der Waals surface area contributed by atoms with Crippen molar-refractivity contribution in [3.63, 3.8) is 0 Å². The summed E-state index contributed by atoms with van der Waals surface area (Å²) in [5, 5.41) is 12.6. The summed E-state index contributed by atoms with van der Waals surface area (Å²) >= 11 is 3.42. The molecule has 0 aromatic carbocycles. The summed E-state index contributed by atoms with van der Waals surface area (Å²) in [7, 11) is 0. The summed E-state index contributed by atoms with van der Waals surface area (Å²) in [6.07, 6.45) is 5.37. The van der Waals surface area contributed by atoms with E-state index in [9.17, 15) is 0 Å². The number of aromatic nitrogens is 2. The predicted octanol–water partition coefficient (Wildman–Crippen LogP) is 2.38. The summed E-state index contributed by atoms with van der Waals surface area (Å²) in [6.45, 7) is 0.926. The molecule has 0 bridgehead atoms. The summed E-state index contributed by atoms with van der Waals surface area (Å²) in [6, 6.07) is 0.656. The molecule has 1 N–H and O–H groups in total. The van der Waals surface area contributed by atoms with Gasteiger partial charge in [0.15, 0.2) is 4.34 Å². The molecule has 1 saturated carbocycles. The normalized spacial score (nSPS) is 24.9. The summed E-state index contributed by atoms with van der Waals surface area (Å²) in [5.74, 6) is 1.01. The first kappa shape index (κ1) is 10.8. The van der Waals surface area contributed by atoms with Crippen LogP contribution in [0.5, 0.6) is 0 Å². The van der Waals surface area contributed by atoms with Crippen molar-refractivity contribution in [1.29, 1.82) is 0 Å². The molecule has 2 heterocycles. The molecule has 1 aliphatic heterocycles. The van der Waals surface area contributed by atoms with Gasteiger partial charge in [-0.2, -0.15) is 0 Å². The van der Waals surface area contributed by atoms with Gasteiger partial charge in [-0.1, -0.05) is 23.1 Å². The minimum absolute atomic E-state index is 0.425. The molecule has 0 unspecified atom stereocenters. The smallest absolute Gasteiger partial charge is 0.206 e. The second-order valence-electron chi connectivity index (χ2n) is 4.24. The standard InChI is InChI=1S/C10H15N3OS2/c1-2-8(14-5-1)6-15-10-13-12-9(16-10)11-7-3-4-7/h7-8H,1-6H2,(H,11,12)/t8-/m0/s1. The number of anilines is 1. The molecular formula is C10H15N3OS2. The van der Waals surface area contributed by atoms with Gasteiger partial charge in [-0.3, -0.25) is 0 Å². The minimum Gasteiger partial charge on any atom is -0.377 e. The summed E-state index contributed by atoms with van der Waals surface area (Å²) < 4.78 is 6.63. The average Bonchev–Trinajstić information content (AvgIpc) is 2.81. The van der Waals surface area contributed by atoms with Gasteiger partial charge in [0.05, 0.1) is 6.10 Å². The number of nitrogens with one attached hydrogen (secondary N) is 1. The van der Waals surface area contributed by atoms with E-state index in [1.54, 1.807) is 23.1 Å². The third kappa shape index (κ3) is 2.87. The molecule has 88 valence electrons. The Hall–Kier alpha value is -0.330. The highest BCUT2D eigenvalue weighted by Gasteiger charge is 2.22. The van der Waals surface area contributed by atoms with Crippen LogP contribution in [-0.4, -0.2) is 34.7 Å². The fraction of sp³-hybridized carbons (Fsp3) is 0.800. The summed E-state index contributed by atoms with van der Waals surface area (Å²) in [4.78, 5) is 0. The van der Waals surface area contributed by atoms with Crippen molar-refractivity contribution in [1.82, 2.24) is 10.2 Å². The van der Waals surface area contributed by atoms with Gasteiger partial charge in [-0.05, 0) is 25.7 Å². The van der Waals surface area contributed by atoms with Crippen LogP contribution >= 0.6 is 23.1 Å². The number of rotatable bonds is 5. The molecule has 1 atom stereocenters. The maximum atomic E-state index is 5.58. The van der Waals surface area contributed by atoms with Gasteiger partial charge in [0.2, 0.25) is 5.13 Å². The van der Waals surface area contributed by atoms with E-state index in [-0.39, 0.29) is 0 Å². The van der Waals surface area contributed by atoms with Crippen LogP contribution < -0.4 is 5.32 Å². The predicted molar refractivity (Wildman–Crippen MR) is 66.3 cm³/mol. The number of hydrogen-bond acceptors (Lipinski definition) is 6. The highest BCUT2D eigenvalue weighted by atomic mass is 32.2. The van der Waals surface area contributed by atoms with Gasteiger partial charge in [0.25, 0.3) is 0 Å². The maximum absolute atomic E-state index is 5.58. The monoisotopic (exact) mass is 257 g/mol. The van der Waals surface area contributed by atoms with Crippen molar-refractivity contribution >= 4 is 28.2 Å². The van der Waals surface area contributed by atoms with E-state index in [4.69, 9.17) is 4.74 Å². The molecule has 0 spiro atoms. The van der Waals surface area contributed by atoms with Gasteiger partial charge < -0.3 is 10.1 Å². The van der Waals surface area contributed by atoms with Crippen molar-refractivity contribution in [2.24, 2.45) is 0 Å². The van der Waals surface area contributed by atoms with Gasteiger partial charge >= 0.3 is 0 Å². The number of hydrogen-bond donors (Lipinski definition) is 1. The molecule has 16 heavy (non-hydrogen) atoms. The Morgan fingerprint density at radius 2 is 2.31 bits per heavy atom. The van der Waals surface area contributed by atoms with Crippen molar-refractivity contribution < 1.29 is 4.74 Å². The lowest BCUT2D eigenvalue weighted by molar-refractivity contribution is 0.129. The lowest BCUT2D eigenvalue weighted by Crippen LogP contribution is -2.07. The zero-order chi connectivity index (χ0) is 10.8. The SMILES string of the molecule is C1CO[C@H](CSc2nnc(NC3CC3)s2)C1. The first-order valence-corrected chi connectivity index (χ1v) is 7.55. The van der Waals surface area contributed by atoms with Crippen LogP contribution in [0.2, 0.25) is 0 Å². The fourth-order valence-corrected chi connectivity index (χ4v) is 3.59. The van der Waals surface area contributed by atoms with Gasteiger partial charge in [0.1, 0.15) is 0 Å². The average molecular weight is 257 g/mol.